The van der Waals surface area contributed by atoms with Crippen LogP contribution in [-0.4, -0.2) is 25.1 Å². The van der Waals surface area contributed by atoms with E-state index in [1.54, 1.807) is 41.7 Å². The summed E-state index contributed by atoms with van der Waals surface area (Å²) in [6.07, 6.45) is 0.653. The van der Waals surface area contributed by atoms with E-state index in [9.17, 15) is 13.2 Å². The number of nitrogens with zero attached hydrogens (tertiary/aromatic N) is 1. The molecule has 1 heterocycles. The minimum Gasteiger partial charge on any atom is -0.347 e. The normalized spacial score (nSPS) is 12.8. The van der Waals surface area contributed by atoms with Crippen molar-refractivity contribution in [3.63, 3.8) is 0 Å². The highest BCUT2D eigenvalue weighted by molar-refractivity contribution is 7.91. The molecule has 0 aliphatic rings. The lowest BCUT2D eigenvalue weighted by molar-refractivity contribution is -0.121. The second kappa shape index (κ2) is 7.90. The second-order valence-corrected chi connectivity index (χ2v) is 8.95. The molecule has 1 aromatic heterocycles. The van der Waals surface area contributed by atoms with Gasteiger partial charge in [0.15, 0.2) is 9.84 Å². The van der Waals surface area contributed by atoms with Crippen molar-refractivity contribution in [3.05, 3.63) is 45.9 Å². The van der Waals surface area contributed by atoms with Gasteiger partial charge in [0.05, 0.1) is 22.4 Å². The summed E-state index contributed by atoms with van der Waals surface area (Å²) < 4.78 is 24.4. The van der Waals surface area contributed by atoms with Crippen molar-refractivity contribution in [1.82, 2.24) is 10.3 Å². The summed E-state index contributed by atoms with van der Waals surface area (Å²) in [5.41, 5.74) is 0.967. The molecule has 0 fully saturated rings. The molecule has 1 unspecified atom stereocenters. The molecule has 0 aliphatic heterocycles. The monoisotopic (exact) mass is 366 g/mol. The lowest BCUT2D eigenvalue weighted by Crippen LogP contribution is -2.29. The molecule has 0 aliphatic carbocycles. The topological polar surface area (TPSA) is 76.1 Å². The first kappa shape index (κ1) is 18.6. The van der Waals surface area contributed by atoms with Gasteiger partial charge in [0.25, 0.3) is 0 Å². The van der Waals surface area contributed by atoms with Crippen LogP contribution in [0.4, 0.5) is 0 Å². The summed E-state index contributed by atoms with van der Waals surface area (Å²) in [6.45, 7) is 5.91. The highest BCUT2D eigenvalue weighted by atomic mass is 32.2. The van der Waals surface area contributed by atoms with Gasteiger partial charge in [-0.15, -0.1) is 11.3 Å². The highest BCUT2D eigenvalue weighted by Crippen LogP contribution is 2.25. The number of nitrogens with one attached hydrogen (secondary N) is 1. The fourth-order valence-corrected chi connectivity index (χ4v) is 4.54. The lowest BCUT2D eigenvalue weighted by Gasteiger charge is -2.14. The fraction of sp³-hybridized carbons (Fsp3) is 0.412. The Labute approximate surface area is 147 Å². The van der Waals surface area contributed by atoms with E-state index in [4.69, 9.17) is 0 Å². The summed E-state index contributed by atoms with van der Waals surface area (Å²) in [5, 5.41) is 3.76. The van der Waals surface area contributed by atoms with E-state index in [1.807, 2.05) is 20.8 Å². The van der Waals surface area contributed by atoms with Gasteiger partial charge in [0, 0.05) is 11.3 Å². The molecule has 5 nitrogen and oxygen atoms in total. The molecule has 0 saturated carbocycles. The van der Waals surface area contributed by atoms with Crippen LogP contribution in [-0.2, 0) is 14.6 Å². The maximum absolute atomic E-state index is 12.2. The van der Waals surface area contributed by atoms with Gasteiger partial charge in [-0.05, 0) is 32.4 Å². The van der Waals surface area contributed by atoms with Crippen LogP contribution in [0.25, 0.3) is 0 Å². The molecule has 1 aromatic carbocycles. The standard InChI is InChI=1S/C17H22N2O3S2/c1-4-15(17-18-12(2)13(3)23-17)19-16(20)10-11-24(21,22)14-8-6-5-7-9-14/h5-9,15H,4,10-11H2,1-3H3,(H,19,20). The first-order valence-electron chi connectivity index (χ1n) is 7.84. The van der Waals surface area contributed by atoms with Gasteiger partial charge in [-0.25, -0.2) is 13.4 Å². The van der Waals surface area contributed by atoms with E-state index < -0.39 is 9.84 Å². The van der Waals surface area contributed by atoms with Crippen LogP contribution in [0.1, 0.15) is 41.4 Å². The Morgan fingerprint density at radius 1 is 1.25 bits per heavy atom. The van der Waals surface area contributed by atoms with Gasteiger partial charge in [-0.3, -0.25) is 4.79 Å². The SMILES string of the molecule is CCC(NC(=O)CCS(=O)(=O)c1ccccc1)c1nc(C)c(C)s1. The number of benzene rings is 1. The van der Waals surface area contributed by atoms with Crippen molar-refractivity contribution in [2.75, 3.05) is 5.75 Å². The van der Waals surface area contributed by atoms with Crippen molar-refractivity contribution in [3.8, 4) is 0 Å². The van der Waals surface area contributed by atoms with Crippen LogP contribution in [0.2, 0.25) is 0 Å². The number of hydrogen-bond donors (Lipinski definition) is 1. The molecular formula is C17H22N2O3S2. The number of rotatable bonds is 7. The van der Waals surface area contributed by atoms with Gasteiger partial charge >= 0.3 is 0 Å². The van der Waals surface area contributed by atoms with Crippen molar-refractivity contribution >= 4 is 27.1 Å². The van der Waals surface area contributed by atoms with Crippen LogP contribution in [0.15, 0.2) is 35.2 Å². The third-order valence-electron chi connectivity index (χ3n) is 3.79. The Balaban J connectivity index is 1.97. The number of sulfone groups is 1. The number of carbonyl (C=O) groups excluding carboxylic acids is 1. The predicted octanol–water partition coefficient (Wildman–Crippen LogP) is 3.19. The molecule has 1 atom stereocenters. The molecule has 2 aromatic rings. The third-order valence-corrected chi connectivity index (χ3v) is 6.71. The molecule has 7 heteroatoms. The average Bonchev–Trinajstić information content (AvgIpc) is 2.90. The van der Waals surface area contributed by atoms with Crippen LogP contribution in [0.3, 0.4) is 0 Å². The minimum atomic E-state index is -3.44. The number of carbonyl (C=O) groups is 1. The first-order chi connectivity index (χ1) is 11.3. The predicted molar refractivity (Wildman–Crippen MR) is 95.9 cm³/mol. The molecule has 0 bridgehead atoms. The zero-order valence-electron chi connectivity index (χ0n) is 14.1. The van der Waals surface area contributed by atoms with Crippen LogP contribution < -0.4 is 5.32 Å². The zero-order chi connectivity index (χ0) is 17.7. The summed E-state index contributed by atoms with van der Waals surface area (Å²) in [6, 6.07) is 8.02. The summed E-state index contributed by atoms with van der Waals surface area (Å²) in [5.74, 6) is -0.471. The molecule has 0 spiro atoms. The number of aryl methyl sites for hydroxylation is 2. The quantitative estimate of drug-likeness (QED) is 0.816. The molecule has 24 heavy (non-hydrogen) atoms. The molecule has 0 radical (unpaired) electrons. The Morgan fingerprint density at radius 3 is 2.46 bits per heavy atom. The van der Waals surface area contributed by atoms with Gasteiger partial charge in [0.2, 0.25) is 5.91 Å². The van der Waals surface area contributed by atoms with Crippen LogP contribution in [0, 0.1) is 13.8 Å². The van der Waals surface area contributed by atoms with E-state index >= 15 is 0 Å². The third kappa shape index (κ3) is 4.64. The number of thiazole rings is 1. The van der Waals surface area contributed by atoms with Gasteiger partial charge in [0.1, 0.15) is 5.01 Å². The van der Waals surface area contributed by atoms with E-state index in [-0.39, 0.29) is 29.0 Å². The van der Waals surface area contributed by atoms with Gasteiger partial charge in [-0.1, -0.05) is 25.1 Å². The molecular weight excluding hydrogens is 344 g/mol. The Kier molecular flexibility index (Phi) is 6.12. The van der Waals surface area contributed by atoms with E-state index in [1.165, 1.54) is 0 Å². The van der Waals surface area contributed by atoms with Crippen molar-refractivity contribution < 1.29 is 13.2 Å². The van der Waals surface area contributed by atoms with Crippen LogP contribution in [0.5, 0.6) is 0 Å². The molecule has 1 N–H and O–H groups in total. The number of aromatic nitrogens is 1. The first-order valence-corrected chi connectivity index (χ1v) is 10.3. The van der Waals surface area contributed by atoms with Crippen molar-refractivity contribution in [2.45, 2.75) is 44.6 Å². The second-order valence-electron chi connectivity index (χ2n) is 5.60. The summed E-state index contributed by atoms with van der Waals surface area (Å²) in [7, 11) is -3.44. The lowest BCUT2D eigenvalue weighted by atomic mass is 10.2. The summed E-state index contributed by atoms with van der Waals surface area (Å²) >= 11 is 1.57. The largest absolute Gasteiger partial charge is 0.347 e. The van der Waals surface area contributed by atoms with E-state index in [0.29, 0.717) is 6.42 Å². The van der Waals surface area contributed by atoms with E-state index in [0.717, 1.165) is 15.6 Å². The van der Waals surface area contributed by atoms with E-state index in [2.05, 4.69) is 10.3 Å². The molecule has 1 amide bonds. The maximum atomic E-state index is 12.2. The highest BCUT2D eigenvalue weighted by Gasteiger charge is 2.20. The van der Waals surface area contributed by atoms with Gasteiger partial charge in [-0.2, -0.15) is 0 Å². The molecule has 0 saturated heterocycles. The molecule has 2 rings (SSSR count). The maximum Gasteiger partial charge on any atom is 0.221 e. The number of hydrogen-bond acceptors (Lipinski definition) is 5. The molecule has 130 valence electrons. The Bertz CT molecular complexity index is 779. The van der Waals surface area contributed by atoms with Crippen molar-refractivity contribution in [2.24, 2.45) is 0 Å². The number of amides is 1. The average molecular weight is 367 g/mol. The van der Waals surface area contributed by atoms with Crippen LogP contribution >= 0.6 is 11.3 Å². The smallest absolute Gasteiger partial charge is 0.221 e. The Hall–Kier alpha value is -1.73. The summed E-state index contributed by atoms with van der Waals surface area (Å²) in [4.78, 5) is 18.0. The fourth-order valence-electron chi connectivity index (χ4n) is 2.22. The van der Waals surface area contributed by atoms with Crippen molar-refractivity contribution in [1.29, 1.82) is 0 Å². The van der Waals surface area contributed by atoms with Gasteiger partial charge < -0.3 is 5.32 Å². The zero-order valence-corrected chi connectivity index (χ0v) is 15.7. The Morgan fingerprint density at radius 2 is 1.92 bits per heavy atom. The minimum absolute atomic E-state index is 0.0585.